The molecule has 0 amide bonds. The number of aryl methyl sites for hydroxylation is 1. The van der Waals surface area contributed by atoms with Gasteiger partial charge in [0.05, 0.1) is 7.11 Å². The SMILES string of the molecule is COc1ccc(C(N)=S)cc1.Cc1ccc(C(N)=S)cc1. The highest BCUT2D eigenvalue weighted by atomic mass is 32.1. The maximum absolute atomic E-state index is 5.40. The van der Waals surface area contributed by atoms with Gasteiger partial charge in [-0.2, -0.15) is 0 Å². The molecule has 4 N–H and O–H groups in total. The van der Waals surface area contributed by atoms with Gasteiger partial charge in [-0.25, -0.2) is 0 Å². The maximum atomic E-state index is 5.40. The van der Waals surface area contributed by atoms with Crippen LogP contribution in [0.15, 0.2) is 48.5 Å². The zero-order valence-corrected chi connectivity index (χ0v) is 13.6. The molecule has 0 bridgehead atoms. The fraction of sp³-hybridized carbons (Fsp3) is 0.125. The third-order valence-electron chi connectivity index (χ3n) is 2.71. The van der Waals surface area contributed by atoms with Crippen LogP contribution >= 0.6 is 24.4 Å². The predicted molar refractivity (Wildman–Crippen MR) is 95.9 cm³/mol. The minimum absolute atomic E-state index is 0.410. The van der Waals surface area contributed by atoms with Crippen molar-refractivity contribution in [1.82, 2.24) is 0 Å². The molecule has 0 fully saturated rings. The molecule has 3 nitrogen and oxygen atoms in total. The van der Waals surface area contributed by atoms with Crippen LogP contribution in [0.2, 0.25) is 0 Å². The Hall–Kier alpha value is -1.98. The fourth-order valence-electron chi connectivity index (χ4n) is 1.47. The van der Waals surface area contributed by atoms with E-state index in [9.17, 15) is 0 Å². The van der Waals surface area contributed by atoms with E-state index in [-0.39, 0.29) is 0 Å². The molecule has 0 aromatic heterocycles. The van der Waals surface area contributed by atoms with Gasteiger partial charge >= 0.3 is 0 Å². The normalized spacial score (nSPS) is 9.24. The molecule has 0 aliphatic heterocycles. The van der Waals surface area contributed by atoms with E-state index in [1.807, 2.05) is 55.5 Å². The van der Waals surface area contributed by atoms with E-state index >= 15 is 0 Å². The van der Waals surface area contributed by atoms with Crippen LogP contribution in [0.5, 0.6) is 5.75 Å². The summed E-state index contributed by atoms with van der Waals surface area (Å²) in [5, 5.41) is 0. The van der Waals surface area contributed by atoms with Crippen molar-refractivity contribution < 1.29 is 4.74 Å². The van der Waals surface area contributed by atoms with E-state index in [4.69, 9.17) is 40.6 Å². The summed E-state index contributed by atoms with van der Waals surface area (Å²) >= 11 is 9.56. The van der Waals surface area contributed by atoms with Crippen molar-refractivity contribution in [3.8, 4) is 5.75 Å². The Balaban J connectivity index is 0.000000211. The van der Waals surface area contributed by atoms with Gasteiger partial charge in [0.25, 0.3) is 0 Å². The number of ether oxygens (including phenoxy) is 1. The molecule has 0 saturated heterocycles. The van der Waals surface area contributed by atoms with Crippen LogP contribution < -0.4 is 16.2 Å². The van der Waals surface area contributed by atoms with Crippen LogP contribution in [-0.4, -0.2) is 17.1 Å². The first-order chi connectivity index (χ1) is 9.93. The summed E-state index contributed by atoms with van der Waals surface area (Å²) < 4.78 is 4.96. The Labute approximate surface area is 135 Å². The molecular weight excluding hydrogens is 300 g/mol. The average Bonchev–Trinajstić information content (AvgIpc) is 2.48. The minimum Gasteiger partial charge on any atom is -0.497 e. The summed E-state index contributed by atoms with van der Waals surface area (Å²) in [7, 11) is 1.62. The number of hydrogen-bond acceptors (Lipinski definition) is 3. The van der Waals surface area contributed by atoms with Crippen LogP contribution in [0, 0.1) is 6.92 Å². The van der Waals surface area contributed by atoms with Gasteiger partial charge < -0.3 is 16.2 Å². The van der Waals surface area contributed by atoms with Crippen molar-refractivity contribution in [1.29, 1.82) is 0 Å². The third-order valence-corrected chi connectivity index (χ3v) is 3.18. The number of hydrogen-bond donors (Lipinski definition) is 2. The van der Waals surface area contributed by atoms with Gasteiger partial charge in [0.2, 0.25) is 0 Å². The van der Waals surface area contributed by atoms with Gasteiger partial charge in [0.1, 0.15) is 15.7 Å². The summed E-state index contributed by atoms with van der Waals surface area (Å²) in [5.41, 5.74) is 13.8. The van der Waals surface area contributed by atoms with E-state index < -0.39 is 0 Å². The molecule has 110 valence electrons. The van der Waals surface area contributed by atoms with Crippen molar-refractivity contribution >= 4 is 34.4 Å². The Morgan fingerprint density at radius 1 is 0.810 bits per heavy atom. The molecular formula is C16H18N2OS2. The number of rotatable bonds is 3. The molecule has 2 aromatic rings. The fourth-order valence-corrected chi connectivity index (χ4v) is 1.75. The summed E-state index contributed by atoms with van der Waals surface area (Å²) in [5.74, 6) is 0.810. The zero-order valence-electron chi connectivity index (χ0n) is 12.0. The minimum atomic E-state index is 0.410. The Kier molecular flexibility index (Phi) is 6.78. The van der Waals surface area contributed by atoms with Gasteiger partial charge in [0, 0.05) is 11.1 Å². The lowest BCUT2D eigenvalue weighted by molar-refractivity contribution is 0.415. The first-order valence-corrected chi connectivity index (χ1v) is 7.06. The highest BCUT2D eigenvalue weighted by Crippen LogP contribution is 2.10. The first kappa shape index (κ1) is 17.1. The Morgan fingerprint density at radius 2 is 1.19 bits per heavy atom. The van der Waals surface area contributed by atoms with Gasteiger partial charge in [-0.05, 0) is 31.2 Å². The van der Waals surface area contributed by atoms with E-state index in [0.29, 0.717) is 9.98 Å². The predicted octanol–water partition coefficient (Wildman–Crippen LogP) is 2.96. The lowest BCUT2D eigenvalue weighted by Crippen LogP contribution is -2.08. The van der Waals surface area contributed by atoms with Crippen LogP contribution in [0.4, 0.5) is 0 Å². The van der Waals surface area contributed by atoms with Crippen LogP contribution in [0.3, 0.4) is 0 Å². The van der Waals surface area contributed by atoms with Gasteiger partial charge in [-0.1, -0.05) is 54.3 Å². The average molecular weight is 318 g/mol. The molecule has 2 rings (SSSR count). The molecule has 0 saturated carbocycles. The number of benzene rings is 2. The summed E-state index contributed by atoms with van der Waals surface area (Å²) in [4.78, 5) is 0.868. The summed E-state index contributed by atoms with van der Waals surface area (Å²) in [6.45, 7) is 2.03. The van der Waals surface area contributed by atoms with Crippen molar-refractivity contribution in [2.75, 3.05) is 7.11 Å². The number of thiocarbonyl (C=S) groups is 2. The van der Waals surface area contributed by atoms with E-state index in [0.717, 1.165) is 16.9 Å². The van der Waals surface area contributed by atoms with E-state index in [1.165, 1.54) is 5.56 Å². The lowest BCUT2D eigenvalue weighted by atomic mass is 10.1. The molecule has 0 atom stereocenters. The molecule has 21 heavy (non-hydrogen) atoms. The van der Waals surface area contributed by atoms with E-state index in [2.05, 4.69) is 0 Å². The molecule has 0 heterocycles. The highest BCUT2D eigenvalue weighted by molar-refractivity contribution is 7.80. The molecule has 0 aliphatic rings. The second-order valence-corrected chi connectivity index (χ2v) is 5.20. The standard InChI is InChI=1S/C8H9NOS.C8H9NS/c1-10-7-4-2-6(3-5-7)8(9)11;1-6-2-4-7(5-3-6)8(9)10/h2-5H,1H3,(H2,9,11);2-5H,1H3,(H2,9,10). The second-order valence-electron chi connectivity index (χ2n) is 4.32. The van der Waals surface area contributed by atoms with Crippen molar-refractivity contribution in [2.45, 2.75) is 6.92 Å². The zero-order chi connectivity index (χ0) is 15.8. The van der Waals surface area contributed by atoms with Crippen LogP contribution in [0.1, 0.15) is 16.7 Å². The number of methoxy groups -OCH3 is 1. The Bertz CT molecular complexity index is 607. The Morgan fingerprint density at radius 3 is 1.52 bits per heavy atom. The largest absolute Gasteiger partial charge is 0.497 e. The molecule has 2 aromatic carbocycles. The summed E-state index contributed by atoms with van der Waals surface area (Å²) in [6.07, 6.45) is 0. The molecule has 5 heteroatoms. The maximum Gasteiger partial charge on any atom is 0.118 e. The van der Waals surface area contributed by atoms with Gasteiger partial charge in [-0.15, -0.1) is 0 Å². The molecule has 0 unspecified atom stereocenters. The smallest absolute Gasteiger partial charge is 0.118 e. The summed E-state index contributed by atoms with van der Waals surface area (Å²) in [6, 6.07) is 15.2. The lowest BCUT2D eigenvalue weighted by Gasteiger charge is -2.00. The molecule has 0 aliphatic carbocycles. The molecule has 0 spiro atoms. The quantitative estimate of drug-likeness (QED) is 0.852. The number of nitrogens with two attached hydrogens (primary N) is 2. The topological polar surface area (TPSA) is 61.3 Å². The highest BCUT2D eigenvalue weighted by Gasteiger charge is 1.94. The van der Waals surface area contributed by atoms with Gasteiger partial charge in [0.15, 0.2) is 0 Å². The van der Waals surface area contributed by atoms with Crippen LogP contribution in [0.25, 0.3) is 0 Å². The van der Waals surface area contributed by atoms with Gasteiger partial charge in [-0.3, -0.25) is 0 Å². The first-order valence-electron chi connectivity index (χ1n) is 6.24. The monoisotopic (exact) mass is 318 g/mol. The van der Waals surface area contributed by atoms with Crippen molar-refractivity contribution in [3.05, 3.63) is 65.2 Å². The second kappa shape index (κ2) is 8.34. The van der Waals surface area contributed by atoms with E-state index in [1.54, 1.807) is 7.11 Å². The van der Waals surface area contributed by atoms with Crippen LogP contribution in [-0.2, 0) is 0 Å². The van der Waals surface area contributed by atoms with Crippen molar-refractivity contribution in [3.63, 3.8) is 0 Å². The molecule has 0 radical (unpaired) electrons. The third kappa shape index (κ3) is 5.89. The van der Waals surface area contributed by atoms with Crippen molar-refractivity contribution in [2.24, 2.45) is 11.5 Å².